The Morgan fingerprint density at radius 3 is 2.48 bits per heavy atom. The number of fused-ring (bicyclic) bond motifs is 5. The van der Waals surface area contributed by atoms with Gasteiger partial charge in [-0.05, 0) is 67.4 Å². The lowest BCUT2D eigenvalue weighted by Gasteiger charge is -2.61. The van der Waals surface area contributed by atoms with Crippen LogP contribution in [-0.2, 0) is 9.47 Å². The molecule has 0 radical (unpaired) electrons. The average molecular weight is 563 g/mol. The van der Waals surface area contributed by atoms with Crippen LogP contribution in [0, 0.1) is 22.7 Å². The van der Waals surface area contributed by atoms with E-state index in [4.69, 9.17) is 13.9 Å². The minimum absolute atomic E-state index is 0.00619. The zero-order valence-corrected chi connectivity index (χ0v) is 23.1. The zero-order valence-electron chi connectivity index (χ0n) is 23.1. The summed E-state index contributed by atoms with van der Waals surface area (Å²) in [5.74, 6) is -0.0969. The molecule has 4 aliphatic carbocycles. The van der Waals surface area contributed by atoms with E-state index < -0.39 is 60.1 Å². The Labute approximate surface area is 233 Å². The van der Waals surface area contributed by atoms with Gasteiger partial charge >= 0.3 is 5.63 Å². The summed E-state index contributed by atoms with van der Waals surface area (Å²) in [5.41, 5.74) is -0.217. The van der Waals surface area contributed by atoms with Crippen molar-refractivity contribution in [3.63, 3.8) is 0 Å². The summed E-state index contributed by atoms with van der Waals surface area (Å²) in [6.07, 6.45) is 0.804. The molecule has 13 atom stereocenters. The zero-order chi connectivity index (χ0) is 28.6. The summed E-state index contributed by atoms with van der Waals surface area (Å²) < 4.78 is 16.8. The molecule has 3 saturated carbocycles. The maximum absolute atomic E-state index is 12.4. The number of aliphatic hydroxyl groups is 6. The van der Waals surface area contributed by atoms with Crippen molar-refractivity contribution in [1.29, 1.82) is 0 Å². The largest absolute Gasteiger partial charge is 0.431 e. The molecule has 222 valence electrons. The number of aliphatic hydroxyl groups excluding tert-OH is 5. The molecule has 4 fully saturated rings. The maximum atomic E-state index is 12.4. The summed E-state index contributed by atoms with van der Waals surface area (Å²) in [6, 6.07) is 3.08. The van der Waals surface area contributed by atoms with Gasteiger partial charge in [0.05, 0.1) is 30.7 Å². The third-order valence-corrected chi connectivity index (χ3v) is 11.5. The molecule has 6 N–H and O–H groups in total. The molecule has 0 amide bonds. The molecular formula is C30H42O10. The third-order valence-electron chi connectivity index (χ3n) is 11.5. The van der Waals surface area contributed by atoms with Gasteiger partial charge in [0.2, 0.25) is 0 Å². The summed E-state index contributed by atoms with van der Waals surface area (Å²) in [4.78, 5) is 11.6. The molecule has 1 saturated heterocycles. The van der Waals surface area contributed by atoms with Gasteiger partial charge in [-0.3, -0.25) is 0 Å². The van der Waals surface area contributed by atoms with Gasteiger partial charge in [0.25, 0.3) is 0 Å². The van der Waals surface area contributed by atoms with Crippen molar-refractivity contribution < 1.29 is 44.5 Å². The quantitative estimate of drug-likeness (QED) is 0.291. The molecular weight excluding hydrogens is 520 g/mol. The molecule has 10 heteroatoms. The van der Waals surface area contributed by atoms with Gasteiger partial charge < -0.3 is 44.5 Å². The Morgan fingerprint density at radius 2 is 1.77 bits per heavy atom. The summed E-state index contributed by atoms with van der Waals surface area (Å²) in [6.45, 7) is 3.84. The van der Waals surface area contributed by atoms with Gasteiger partial charge in [0.15, 0.2) is 6.29 Å². The number of allylic oxidation sites excluding steroid dienone is 1. The lowest BCUT2D eigenvalue weighted by molar-refractivity contribution is -0.308. The van der Waals surface area contributed by atoms with Gasteiger partial charge in [-0.2, -0.15) is 0 Å². The van der Waals surface area contributed by atoms with Crippen molar-refractivity contribution in [3.8, 4) is 0 Å². The molecule has 0 spiro atoms. The van der Waals surface area contributed by atoms with E-state index in [1.807, 2.05) is 0 Å². The second kappa shape index (κ2) is 9.98. The van der Waals surface area contributed by atoms with Gasteiger partial charge in [0, 0.05) is 23.8 Å². The molecule has 5 aliphatic rings. The highest BCUT2D eigenvalue weighted by molar-refractivity contribution is 5.32. The minimum Gasteiger partial charge on any atom is -0.431 e. The molecule has 1 aromatic rings. The highest BCUT2D eigenvalue weighted by Gasteiger charge is 2.69. The fourth-order valence-corrected chi connectivity index (χ4v) is 9.30. The Morgan fingerprint density at radius 1 is 1.00 bits per heavy atom. The lowest BCUT2D eigenvalue weighted by Crippen LogP contribution is -2.61. The number of hydrogen-bond donors (Lipinski definition) is 6. The van der Waals surface area contributed by atoms with Crippen LogP contribution in [0.15, 0.2) is 39.3 Å². The SMILES string of the molecule is C[C@@]12CC[C@H](O[C@@H]3O[C@H](CO)[C@@H](O)[C@@H](O)[C@H]3O)C=C1CC[C@@H]1[C@H]2CC[C@]2(C)[C@H](c3ccc(=O)oc3)[C@@H](O)C[C@]12O. The van der Waals surface area contributed by atoms with Crippen molar-refractivity contribution in [3.05, 3.63) is 46.0 Å². The van der Waals surface area contributed by atoms with Crippen molar-refractivity contribution in [2.24, 2.45) is 22.7 Å². The first-order valence-electron chi connectivity index (χ1n) is 14.6. The van der Waals surface area contributed by atoms with Crippen LogP contribution in [0.1, 0.15) is 70.3 Å². The van der Waals surface area contributed by atoms with Crippen LogP contribution < -0.4 is 5.63 Å². The molecule has 10 nitrogen and oxygen atoms in total. The van der Waals surface area contributed by atoms with Crippen LogP contribution in [0.3, 0.4) is 0 Å². The topological polar surface area (TPSA) is 170 Å². The summed E-state index contributed by atoms with van der Waals surface area (Å²) in [5, 5.41) is 63.8. The van der Waals surface area contributed by atoms with E-state index in [9.17, 15) is 35.4 Å². The molecule has 1 aromatic heterocycles. The van der Waals surface area contributed by atoms with Crippen LogP contribution in [0.25, 0.3) is 0 Å². The van der Waals surface area contributed by atoms with Gasteiger partial charge in [0.1, 0.15) is 24.4 Å². The van der Waals surface area contributed by atoms with Gasteiger partial charge in [-0.25, -0.2) is 4.79 Å². The van der Waals surface area contributed by atoms with Gasteiger partial charge in [-0.1, -0.05) is 25.5 Å². The normalized spacial score (nSPS) is 50.5. The van der Waals surface area contributed by atoms with Crippen molar-refractivity contribution in [1.82, 2.24) is 0 Å². The Balaban J connectivity index is 1.22. The van der Waals surface area contributed by atoms with Crippen LogP contribution >= 0.6 is 0 Å². The van der Waals surface area contributed by atoms with Crippen molar-refractivity contribution in [2.75, 3.05) is 6.61 Å². The summed E-state index contributed by atoms with van der Waals surface area (Å²) in [7, 11) is 0. The second-order valence-corrected chi connectivity index (χ2v) is 13.3. The van der Waals surface area contributed by atoms with Crippen LogP contribution in [0.4, 0.5) is 0 Å². The van der Waals surface area contributed by atoms with E-state index in [-0.39, 0.29) is 35.7 Å². The second-order valence-electron chi connectivity index (χ2n) is 13.3. The maximum Gasteiger partial charge on any atom is 0.335 e. The average Bonchev–Trinajstić information content (AvgIpc) is 3.14. The Kier molecular flexibility index (Phi) is 7.11. The predicted molar refractivity (Wildman–Crippen MR) is 141 cm³/mol. The van der Waals surface area contributed by atoms with E-state index in [1.165, 1.54) is 17.9 Å². The number of ether oxygens (including phenoxy) is 2. The van der Waals surface area contributed by atoms with Crippen LogP contribution in [0.5, 0.6) is 0 Å². The standard InChI is InChI=1S/C30H42O10/c1-28-9-7-17(39-27-26(36)25(35)24(34)21(13-31)40-27)11-16(28)4-5-19-18(28)8-10-29(2)23(20(32)12-30(19,29)37)15-3-6-22(33)38-14-15/h3,6,11,14,17-21,23-27,31-32,34-37H,4-5,7-10,12-13H2,1-2H3/t17-,18+,19+,20-,21+,23+,24+,25+,26+,27+,28+,29+,30-/m0/s1. The van der Waals surface area contributed by atoms with Crippen LogP contribution in [0.2, 0.25) is 0 Å². The monoisotopic (exact) mass is 562 g/mol. The number of rotatable bonds is 4. The lowest BCUT2D eigenvalue weighted by atomic mass is 9.45. The fraction of sp³-hybridized carbons (Fsp3) is 0.767. The summed E-state index contributed by atoms with van der Waals surface area (Å²) >= 11 is 0. The molecule has 0 aromatic carbocycles. The highest BCUT2D eigenvalue weighted by Crippen LogP contribution is 2.70. The third kappa shape index (κ3) is 4.10. The first-order valence-corrected chi connectivity index (χ1v) is 14.6. The Bertz CT molecular complexity index is 1180. The van der Waals surface area contributed by atoms with E-state index in [1.54, 1.807) is 6.07 Å². The van der Waals surface area contributed by atoms with E-state index in [2.05, 4.69) is 19.9 Å². The van der Waals surface area contributed by atoms with E-state index >= 15 is 0 Å². The smallest absolute Gasteiger partial charge is 0.335 e. The molecule has 40 heavy (non-hydrogen) atoms. The fourth-order valence-electron chi connectivity index (χ4n) is 9.30. The number of hydrogen-bond acceptors (Lipinski definition) is 10. The Hall–Kier alpha value is -1.63. The van der Waals surface area contributed by atoms with Crippen LogP contribution in [-0.4, -0.2) is 85.8 Å². The predicted octanol–water partition coefficient (Wildman–Crippen LogP) is 0.957. The molecule has 0 unspecified atom stereocenters. The van der Waals surface area contributed by atoms with E-state index in [0.717, 1.165) is 37.7 Å². The molecule has 2 heterocycles. The molecule has 0 bridgehead atoms. The van der Waals surface area contributed by atoms with E-state index in [0.29, 0.717) is 6.42 Å². The van der Waals surface area contributed by atoms with Gasteiger partial charge in [-0.15, -0.1) is 0 Å². The minimum atomic E-state index is -1.48. The molecule has 6 rings (SSSR count). The highest BCUT2D eigenvalue weighted by atomic mass is 16.7. The molecule has 1 aliphatic heterocycles. The first kappa shape index (κ1) is 28.5. The first-order chi connectivity index (χ1) is 18.9. The van der Waals surface area contributed by atoms with Crippen molar-refractivity contribution in [2.45, 2.75) is 113 Å². The van der Waals surface area contributed by atoms with Crippen molar-refractivity contribution >= 4 is 0 Å².